The van der Waals surface area contributed by atoms with Crippen molar-refractivity contribution in [3.8, 4) is 11.1 Å². The maximum Gasteiger partial charge on any atom is 0.335 e. The lowest BCUT2D eigenvalue weighted by Gasteiger charge is -2.21. The van der Waals surface area contributed by atoms with Gasteiger partial charge in [-0.1, -0.05) is 65.8 Å². The van der Waals surface area contributed by atoms with E-state index in [1.807, 2.05) is 55.5 Å². The topological polar surface area (TPSA) is 82.8 Å². The predicted molar refractivity (Wildman–Crippen MR) is 134 cm³/mol. The maximum atomic E-state index is 11.1. The number of rotatable bonds is 7. The van der Waals surface area contributed by atoms with Gasteiger partial charge in [0.1, 0.15) is 0 Å². The summed E-state index contributed by atoms with van der Waals surface area (Å²) < 4.78 is 0. The van der Waals surface area contributed by atoms with Gasteiger partial charge in [-0.05, 0) is 65.9 Å². The first-order valence-corrected chi connectivity index (χ1v) is 11.1. The van der Waals surface area contributed by atoms with E-state index < -0.39 is 5.97 Å². The Morgan fingerprint density at radius 1 is 0.882 bits per heavy atom. The summed E-state index contributed by atoms with van der Waals surface area (Å²) in [6, 6.07) is 27.2. The molecule has 170 valence electrons. The molecule has 0 saturated carbocycles. The number of aromatic carboxylic acids is 1. The second kappa shape index (κ2) is 10.1. The zero-order valence-corrected chi connectivity index (χ0v) is 19.1. The molecule has 34 heavy (non-hydrogen) atoms. The summed E-state index contributed by atoms with van der Waals surface area (Å²) in [5.74, 6) is -0.947. The van der Waals surface area contributed by atoms with E-state index in [1.54, 1.807) is 18.3 Å². The van der Waals surface area contributed by atoms with Crippen molar-refractivity contribution >= 4 is 11.7 Å². The first-order valence-electron chi connectivity index (χ1n) is 11.1. The monoisotopic (exact) mass is 450 g/mol. The minimum absolute atomic E-state index is 0.0102. The molecule has 0 fully saturated rings. The van der Waals surface area contributed by atoms with Gasteiger partial charge in [0, 0.05) is 29.8 Å². The van der Waals surface area contributed by atoms with Crippen molar-refractivity contribution in [1.82, 2.24) is 4.98 Å². The van der Waals surface area contributed by atoms with Crippen LogP contribution in [0.5, 0.6) is 0 Å². The summed E-state index contributed by atoms with van der Waals surface area (Å²) in [5.41, 5.74) is 7.99. The van der Waals surface area contributed by atoms with Crippen LogP contribution in [-0.4, -0.2) is 27.0 Å². The van der Waals surface area contributed by atoms with Crippen molar-refractivity contribution in [1.29, 1.82) is 0 Å². The number of oxime groups is 1. The van der Waals surface area contributed by atoms with E-state index >= 15 is 0 Å². The van der Waals surface area contributed by atoms with Crippen LogP contribution in [0.15, 0.2) is 96.3 Å². The Hall–Kier alpha value is -4.25. The Bertz CT molecular complexity index is 1330. The van der Waals surface area contributed by atoms with Crippen LogP contribution in [-0.2, 0) is 0 Å². The summed E-state index contributed by atoms with van der Waals surface area (Å²) in [5, 5.41) is 22.6. The highest BCUT2D eigenvalue weighted by molar-refractivity contribution is 6.01. The molecule has 4 rings (SSSR count). The fourth-order valence-corrected chi connectivity index (χ4v) is 4.23. The minimum Gasteiger partial charge on any atom is -0.478 e. The van der Waals surface area contributed by atoms with E-state index in [2.05, 4.69) is 41.3 Å². The Morgan fingerprint density at radius 2 is 1.53 bits per heavy atom. The average molecular weight is 451 g/mol. The Morgan fingerprint density at radius 3 is 2.12 bits per heavy atom. The standard InChI is InChI=1S/C29H26N2O3/c1-19-5-3-4-6-26(19)27(18-28(31-34)25-15-16-30-20(2)17-25)23-11-7-21(8-12-23)22-9-13-24(14-10-22)29(32)33/h3-17,27,34H,18H2,1-2H3,(H,32,33)/b31-28-. The zero-order chi connectivity index (χ0) is 24.1. The molecule has 3 aromatic carbocycles. The molecule has 0 amide bonds. The number of aryl methyl sites for hydroxylation is 2. The van der Waals surface area contributed by atoms with Crippen molar-refractivity contribution in [3.05, 3.63) is 125 Å². The van der Waals surface area contributed by atoms with Crippen molar-refractivity contribution in [2.75, 3.05) is 0 Å². The normalized spacial score (nSPS) is 12.4. The van der Waals surface area contributed by atoms with Crippen molar-refractivity contribution in [2.45, 2.75) is 26.2 Å². The molecule has 0 bridgehead atoms. The lowest BCUT2D eigenvalue weighted by Crippen LogP contribution is -2.12. The van der Waals surface area contributed by atoms with Gasteiger partial charge in [0.15, 0.2) is 0 Å². The SMILES string of the molecule is Cc1cc(/C(CC(c2ccc(-c3ccc(C(=O)O)cc3)cc2)c2ccccc2C)=N\O)ccn1. The first kappa shape index (κ1) is 22.9. The number of carboxylic acids is 1. The van der Waals surface area contributed by atoms with Gasteiger partial charge in [-0.2, -0.15) is 0 Å². The fourth-order valence-electron chi connectivity index (χ4n) is 4.23. The van der Waals surface area contributed by atoms with Gasteiger partial charge in [0.05, 0.1) is 11.3 Å². The molecule has 4 aromatic rings. The molecular weight excluding hydrogens is 424 g/mol. The number of hydrogen-bond donors (Lipinski definition) is 2. The molecule has 5 nitrogen and oxygen atoms in total. The highest BCUT2D eigenvalue weighted by atomic mass is 16.4. The molecule has 1 heterocycles. The quantitative estimate of drug-likeness (QED) is 0.192. The third-order valence-electron chi connectivity index (χ3n) is 6.09. The van der Waals surface area contributed by atoms with Gasteiger partial charge in [-0.15, -0.1) is 0 Å². The molecule has 1 atom stereocenters. The predicted octanol–water partition coefficient (Wildman–Crippen LogP) is 6.46. The fraction of sp³-hybridized carbons (Fsp3) is 0.138. The number of benzene rings is 3. The van der Waals surface area contributed by atoms with Gasteiger partial charge in [0.2, 0.25) is 0 Å². The molecular formula is C29H26N2O3. The molecule has 1 unspecified atom stereocenters. The molecule has 0 aliphatic carbocycles. The number of aromatic nitrogens is 1. The van der Waals surface area contributed by atoms with Crippen LogP contribution in [0.2, 0.25) is 0 Å². The largest absolute Gasteiger partial charge is 0.478 e. The summed E-state index contributed by atoms with van der Waals surface area (Å²) in [6.07, 6.45) is 2.25. The number of pyridine rings is 1. The van der Waals surface area contributed by atoms with E-state index in [0.717, 1.165) is 27.9 Å². The summed E-state index contributed by atoms with van der Waals surface area (Å²) >= 11 is 0. The molecule has 0 saturated heterocycles. The van der Waals surface area contributed by atoms with Crippen LogP contribution in [0, 0.1) is 13.8 Å². The number of carboxylic acid groups (broad SMARTS) is 1. The Balaban J connectivity index is 1.69. The molecule has 1 aromatic heterocycles. The highest BCUT2D eigenvalue weighted by Crippen LogP contribution is 2.33. The minimum atomic E-state index is -0.936. The van der Waals surface area contributed by atoms with Crippen molar-refractivity contribution < 1.29 is 15.1 Å². The van der Waals surface area contributed by atoms with E-state index in [-0.39, 0.29) is 11.5 Å². The number of nitrogens with zero attached hydrogens (tertiary/aromatic N) is 2. The van der Waals surface area contributed by atoms with Crippen LogP contribution < -0.4 is 0 Å². The molecule has 0 aliphatic rings. The first-order chi connectivity index (χ1) is 16.5. The van der Waals surface area contributed by atoms with Crippen LogP contribution in [0.4, 0.5) is 0 Å². The van der Waals surface area contributed by atoms with Gasteiger partial charge in [-0.25, -0.2) is 4.79 Å². The zero-order valence-electron chi connectivity index (χ0n) is 19.1. The number of carbonyl (C=O) groups is 1. The van der Waals surface area contributed by atoms with Gasteiger partial charge < -0.3 is 10.3 Å². The lowest BCUT2D eigenvalue weighted by atomic mass is 9.83. The lowest BCUT2D eigenvalue weighted by molar-refractivity contribution is 0.0697. The van der Waals surface area contributed by atoms with Crippen LogP contribution in [0.25, 0.3) is 11.1 Å². The number of hydrogen-bond acceptors (Lipinski definition) is 4. The summed E-state index contributed by atoms with van der Waals surface area (Å²) in [4.78, 5) is 15.4. The average Bonchev–Trinajstić information content (AvgIpc) is 2.86. The van der Waals surface area contributed by atoms with E-state index in [0.29, 0.717) is 12.1 Å². The van der Waals surface area contributed by atoms with Gasteiger partial charge in [0.25, 0.3) is 0 Å². The molecule has 0 radical (unpaired) electrons. The molecule has 5 heteroatoms. The van der Waals surface area contributed by atoms with Crippen LogP contribution in [0.3, 0.4) is 0 Å². The molecule has 2 N–H and O–H groups in total. The maximum absolute atomic E-state index is 11.1. The van der Waals surface area contributed by atoms with Gasteiger partial charge in [-0.3, -0.25) is 4.98 Å². The van der Waals surface area contributed by atoms with E-state index in [9.17, 15) is 10.0 Å². The third kappa shape index (κ3) is 5.04. The molecule has 0 aliphatic heterocycles. The summed E-state index contributed by atoms with van der Waals surface area (Å²) in [7, 11) is 0. The van der Waals surface area contributed by atoms with E-state index in [4.69, 9.17) is 5.11 Å². The summed E-state index contributed by atoms with van der Waals surface area (Å²) in [6.45, 7) is 4.01. The van der Waals surface area contributed by atoms with Crippen LogP contribution in [0.1, 0.15) is 50.6 Å². The van der Waals surface area contributed by atoms with Crippen molar-refractivity contribution in [2.24, 2.45) is 5.16 Å². The molecule has 0 spiro atoms. The highest BCUT2D eigenvalue weighted by Gasteiger charge is 2.20. The Labute approximate surface area is 199 Å². The Kier molecular flexibility index (Phi) is 6.83. The second-order valence-electron chi connectivity index (χ2n) is 8.35. The third-order valence-corrected chi connectivity index (χ3v) is 6.09. The van der Waals surface area contributed by atoms with Crippen LogP contribution >= 0.6 is 0 Å². The second-order valence-corrected chi connectivity index (χ2v) is 8.35. The van der Waals surface area contributed by atoms with Gasteiger partial charge >= 0.3 is 5.97 Å². The van der Waals surface area contributed by atoms with E-state index in [1.165, 1.54) is 11.1 Å². The van der Waals surface area contributed by atoms with Crippen molar-refractivity contribution in [3.63, 3.8) is 0 Å². The smallest absolute Gasteiger partial charge is 0.335 e.